The highest BCUT2D eigenvalue weighted by Crippen LogP contribution is 2.54. The Morgan fingerprint density at radius 2 is 1.22 bits per heavy atom. The zero-order chi connectivity index (χ0) is 31.2. The van der Waals surface area contributed by atoms with E-state index in [9.17, 15) is 20.4 Å². The zero-order valence-corrected chi connectivity index (χ0v) is 29.3. The molecular weight excluding hydrogens is 557 g/mol. The summed E-state index contributed by atoms with van der Waals surface area (Å²) in [6.45, 7) is 26.3. The third-order valence-corrected chi connectivity index (χ3v) is 21.9. The van der Waals surface area contributed by atoms with Gasteiger partial charge in [-0.05, 0) is 44.9 Å². The third-order valence-electron chi connectivity index (χ3n) is 9.89. The second-order valence-corrected chi connectivity index (χ2v) is 24.8. The first-order chi connectivity index (χ1) is 18.9. The van der Waals surface area contributed by atoms with Crippen molar-refractivity contribution in [3.63, 3.8) is 0 Å². The number of hydrogen-bond donors (Lipinski definition) is 4. The lowest BCUT2D eigenvalue weighted by Crippen LogP contribution is -2.63. The maximum Gasteiger partial charge on any atom is 0.258 e. The molecule has 1 saturated heterocycles. The summed E-state index contributed by atoms with van der Waals surface area (Å²) in [6.07, 6.45) is -5.79. The van der Waals surface area contributed by atoms with Crippen LogP contribution in [0.1, 0.15) is 94.2 Å². The highest BCUT2D eigenvalue weighted by molar-refractivity contribution is 6.78. The second kappa shape index (κ2) is 12.6. The first kappa shape index (κ1) is 34.5. The molecule has 1 spiro atoms. The molecule has 1 fully saturated rings. The van der Waals surface area contributed by atoms with Crippen molar-refractivity contribution in [1.82, 2.24) is 0 Å². The molecule has 0 saturated carbocycles. The van der Waals surface area contributed by atoms with Crippen LogP contribution in [-0.4, -0.2) is 68.1 Å². The van der Waals surface area contributed by atoms with Crippen molar-refractivity contribution in [1.29, 1.82) is 0 Å². The summed E-state index contributed by atoms with van der Waals surface area (Å²) >= 11 is 0. The van der Waals surface area contributed by atoms with Gasteiger partial charge in [0.05, 0.1) is 18.8 Å². The summed E-state index contributed by atoms with van der Waals surface area (Å²) < 4.78 is 26.8. The lowest BCUT2D eigenvalue weighted by Gasteiger charge is -2.48. The van der Waals surface area contributed by atoms with Gasteiger partial charge in [0.2, 0.25) is 5.79 Å². The Bertz CT molecular complexity index is 998. The summed E-state index contributed by atoms with van der Waals surface area (Å²) in [6, 6.07) is 3.89. The number of aliphatic hydroxyl groups is 4. The van der Waals surface area contributed by atoms with E-state index in [-0.39, 0.29) is 23.2 Å². The minimum atomic E-state index is -2.51. The number of hydrogen-bond acceptors (Lipinski definition) is 8. The predicted octanol–water partition coefficient (Wildman–Crippen LogP) is 5.95. The normalized spacial score (nSPS) is 27.3. The Balaban J connectivity index is 2.32. The summed E-state index contributed by atoms with van der Waals surface area (Å²) in [5.41, 5.74) is 3.15. The van der Waals surface area contributed by atoms with Crippen molar-refractivity contribution in [2.24, 2.45) is 0 Å². The molecule has 41 heavy (non-hydrogen) atoms. The molecule has 2 aliphatic heterocycles. The molecule has 236 valence electrons. The molecule has 4 unspecified atom stereocenters. The minimum Gasteiger partial charge on any atom is -0.543 e. The molecule has 0 amide bonds. The largest absolute Gasteiger partial charge is 0.543 e. The fourth-order valence-electron chi connectivity index (χ4n) is 8.12. The van der Waals surface area contributed by atoms with Gasteiger partial charge in [-0.3, -0.25) is 0 Å². The molecule has 2 aliphatic rings. The number of benzene rings is 1. The van der Waals surface area contributed by atoms with E-state index in [1.807, 2.05) is 12.1 Å². The summed E-state index contributed by atoms with van der Waals surface area (Å²) in [4.78, 5) is 0. The van der Waals surface area contributed by atoms with E-state index in [1.54, 1.807) is 0 Å². The summed E-state index contributed by atoms with van der Waals surface area (Å²) in [5, 5.41) is 42.7. The zero-order valence-electron chi connectivity index (χ0n) is 27.3. The number of rotatable bonds is 11. The fourth-order valence-corrected chi connectivity index (χ4v) is 18.6. The average molecular weight is 613 g/mol. The average Bonchev–Trinajstić information content (AvgIpc) is 3.24. The van der Waals surface area contributed by atoms with E-state index in [4.69, 9.17) is 18.3 Å². The van der Waals surface area contributed by atoms with Gasteiger partial charge in [0.25, 0.3) is 16.6 Å². The monoisotopic (exact) mass is 612 g/mol. The van der Waals surface area contributed by atoms with Gasteiger partial charge in [0, 0.05) is 6.07 Å². The molecule has 1 aromatic rings. The third kappa shape index (κ3) is 5.56. The second-order valence-electron chi connectivity index (χ2n) is 14.0. The molecule has 5 atom stereocenters. The quantitative estimate of drug-likeness (QED) is 0.227. The van der Waals surface area contributed by atoms with Gasteiger partial charge in [0.1, 0.15) is 35.9 Å². The molecule has 4 N–H and O–H groups in total. The Hall–Kier alpha value is -0.986. The van der Waals surface area contributed by atoms with Crippen molar-refractivity contribution < 1.29 is 38.8 Å². The topological polar surface area (TPSA) is 118 Å². The SMILES string of the molecule is CC(C)[Si](Oc1cc2c(c(O[Si](C(C)C)(C(C)C)C(C)C)c1)C1(OC2)O[C@H](CO)C(O)C(O)C1O)(C(C)C)C(C)C. The maximum atomic E-state index is 11.4. The molecule has 0 bridgehead atoms. The Kier molecular flexibility index (Phi) is 10.6. The first-order valence-electron chi connectivity index (χ1n) is 15.5. The van der Waals surface area contributed by atoms with Crippen LogP contribution in [0.15, 0.2) is 12.1 Å². The van der Waals surface area contributed by atoms with Crippen LogP contribution in [0, 0.1) is 0 Å². The lowest BCUT2D eigenvalue weighted by atomic mass is 9.87. The lowest BCUT2D eigenvalue weighted by molar-refractivity contribution is -0.368. The van der Waals surface area contributed by atoms with Crippen molar-refractivity contribution >= 4 is 16.6 Å². The standard InChI is InChI=1S/C31H56O8Si2/c1-17(2)40(18(3)4,19(5)6)38-24-13-23-16-36-31(30(35)29(34)28(33)26(15-32)37-31)27(23)25(14-24)39-41(20(7)8,21(9)10)22(11)12/h13-14,17-22,26,28-30,32-35H,15-16H2,1-12H3/t26-,28?,29?,30?,31?/m1/s1. The highest BCUT2D eigenvalue weighted by Gasteiger charge is 2.60. The molecule has 2 heterocycles. The van der Waals surface area contributed by atoms with Gasteiger partial charge in [-0.15, -0.1) is 0 Å². The number of aliphatic hydroxyl groups excluding tert-OH is 4. The van der Waals surface area contributed by atoms with Gasteiger partial charge in [-0.25, -0.2) is 0 Å². The smallest absolute Gasteiger partial charge is 0.258 e. The van der Waals surface area contributed by atoms with Crippen LogP contribution in [-0.2, 0) is 21.9 Å². The molecule has 0 aromatic heterocycles. The van der Waals surface area contributed by atoms with Crippen molar-refractivity contribution in [2.75, 3.05) is 6.61 Å². The fraction of sp³-hybridized carbons (Fsp3) is 0.806. The molecule has 10 heteroatoms. The van der Waals surface area contributed by atoms with Gasteiger partial charge < -0.3 is 38.8 Å². The minimum absolute atomic E-state index is 0.0973. The maximum absolute atomic E-state index is 11.4. The Morgan fingerprint density at radius 3 is 1.66 bits per heavy atom. The molecule has 3 rings (SSSR count). The van der Waals surface area contributed by atoms with E-state index in [2.05, 4.69) is 83.1 Å². The van der Waals surface area contributed by atoms with Crippen LogP contribution in [0.25, 0.3) is 0 Å². The summed E-state index contributed by atoms with van der Waals surface area (Å²) in [7, 11) is -4.83. The number of ether oxygens (including phenoxy) is 2. The van der Waals surface area contributed by atoms with Crippen molar-refractivity contribution in [3.05, 3.63) is 23.3 Å². The molecule has 1 aromatic carbocycles. The first-order valence-corrected chi connectivity index (χ1v) is 19.7. The van der Waals surface area contributed by atoms with Gasteiger partial charge in [-0.1, -0.05) is 83.1 Å². The van der Waals surface area contributed by atoms with E-state index in [0.717, 1.165) is 5.56 Å². The van der Waals surface area contributed by atoms with Gasteiger partial charge in [0.15, 0.2) is 0 Å². The Morgan fingerprint density at radius 1 is 0.756 bits per heavy atom. The van der Waals surface area contributed by atoms with Crippen molar-refractivity contribution in [3.8, 4) is 11.5 Å². The van der Waals surface area contributed by atoms with Gasteiger partial charge >= 0.3 is 0 Å². The van der Waals surface area contributed by atoms with Gasteiger partial charge in [-0.2, -0.15) is 0 Å². The van der Waals surface area contributed by atoms with E-state index in [1.165, 1.54) is 0 Å². The van der Waals surface area contributed by atoms with Crippen molar-refractivity contribution in [2.45, 2.75) is 153 Å². The highest BCUT2D eigenvalue weighted by atomic mass is 28.4. The van der Waals surface area contributed by atoms with Crippen LogP contribution in [0.3, 0.4) is 0 Å². The van der Waals surface area contributed by atoms with Crippen LogP contribution in [0.5, 0.6) is 11.5 Å². The van der Waals surface area contributed by atoms with Crippen LogP contribution in [0.4, 0.5) is 0 Å². The molecule has 0 radical (unpaired) electrons. The van der Waals surface area contributed by atoms with Crippen LogP contribution < -0.4 is 8.85 Å². The molecule has 0 aliphatic carbocycles. The van der Waals surface area contributed by atoms with Crippen LogP contribution >= 0.6 is 0 Å². The van der Waals surface area contributed by atoms with E-state index >= 15 is 0 Å². The van der Waals surface area contributed by atoms with E-state index in [0.29, 0.717) is 33.7 Å². The van der Waals surface area contributed by atoms with E-state index < -0.39 is 53.4 Å². The number of fused-ring (bicyclic) bond motifs is 2. The molecular formula is C31H56O8Si2. The molecule has 8 nitrogen and oxygen atoms in total. The summed E-state index contributed by atoms with van der Waals surface area (Å²) in [5.74, 6) is -0.564. The Labute approximate surface area is 249 Å². The predicted molar refractivity (Wildman–Crippen MR) is 166 cm³/mol. The van der Waals surface area contributed by atoms with Crippen LogP contribution in [0.2, 0.25) is 33.2 Å².